The first-order chi connectivity index (χ1) is 15.1. The van der Waals surface area contributed by atoms with Crippen molar-refractivity contribution in [3.63, 3.8) is 0 Å². The number of hydrogen-bond acceptors (Lipinski definition) is 5. The minimum Gasteiger partial charge on any atom is -0.497 e. The monoisotopic (exact) mass is 433 g/mol. The molecule has 4 aromatic rings. The minimum atomic E-state index is -0.0902. The van der Waals surface area contributed by atoms with E-state index in [1.165, 1.54) is 11.8 Å². The molecule has 2 aromatic carbocycles. The molecule has 0 fully saturated rings. The third-order valence-corrected chi connectivity index (χ3v) is 5.60. The van der Waals surface area contributed by atoms with Crippen LogP contribution in [0.5, 0.6) is 5.75 Å². The molecular weight excluding hydrogens is 410 g/mol. The van der Waals surface area contributed by atoms with Crippen LogP contribution in [0.2, 0.25) is 0 Å². The van der Waals surface area contributed by atoms with Gasteiger partial charge in [0.15, 0.2) is 5.82 Å². The van der Waals surface area contributed by atoms with E-state index in [-0.39, 0.29) is 11.7 Å². The molecule has 0 aliphatic heterocycles. The van der Waals surface area contributed by atoms with Crippen LogP contribution in [0.1, 0.15) is 17.0 Å². The van der Waals surface area contributed by atoms with Gasteiger partial charge in [0, 0.05) is 24.5 Å². The lowest BCUT2D eigenvalue weighted by atomic mass is 10.1. The van der Waals surface area contributed by atoms with Crippen LogP contribution in [-0.2, 0) is 11.2 Å². The number of benzene rings is 2. The predicted molar refractivity (Wildman–Crippen MR) is 122 cm³/mol. The topological polar surface area (TPSA) is 74.0 Å². The van der Waals surface area contributed by atoms with Crippen molar-refractivity contribution in [2.24, 2.45) is 0 Å². The average Bonchev–Trinajstić information content (AvgIpc) is 3.44. The van der Waals surface area contributed by atoms with Crippen molar-refractivity contribution in [2.45, 2.75) is 18.5 Å². The number of carbonyl (C=O) groups is 1. The summed E-state index contributed by atoms with van der Waals surface area (Å²) in [7, 11) is 1.65. The zero-order chi connectivity index (χ0) is 21.6. The number of anilines is 1. The molecule has 31 heavy (non-hydrogen) atoms. The highest BCUT2D eigenvalue weighted by molar-refractivity contribution is 7.99. The number of ether oxygens (including phenoxy) is 1. The van der Waals surface area contributed by atoms with Crippen molar-refractivity contribution in [1.82, 2.24) is 19.5 Å². The maximum absolute atomic E-state index is 12.4. The molecule has 0 aliphatic rings. The molecule has 8 heteroatoms. The highest BCUT2D eigenvalue weighted by Gasteiger charge is 2.16. The van der Waals surface area contributed by atoms with Crippen LogP contribution in [0.25, 0.3) is 0 Å². The van der Waals surface area contributed by atoms with Crippen LogP contribution in [0.3, 0.4) is 0 Å². The standard InChI is InChI=1S/C23H23N5O2S/c1-17-5-9-19(10-6-17)24-22(29)16-31-23-26-25-21(28(23)27-13-3-4-14-27)15-18-7-11-20(30-2)12-8-18/h3-14H,15-16H2,1-2H3,(H,24,29). The number of nitrogens with zero attached hydrogens (tertiary/aromatic N) is 4. The number of thioether (sulfide) groups is 1. The Labute approximate surface area is 185 Å². The maximum atomic E-state index is 12.4. The van der Waals surface area contributed by atoms with E-state index in [2.05, 4.69) is 15.5 Å². The summed E-state index contributed by atoms with van der Waals surface area (Å²) >= 11 is 1.35. The van der Waals surface area contributed by atoms with Gasteiger partial charge < -0.3 is 10.1 Å². The summed E-state index contributed by atoms with van der Waals surface area (Å²) in [4.78, 5) is 12.4. The number of aryl methyl sites for hydroxylation is 1. The van der Waals surface area contributed by atoms with E-state index < -0.39 is 0 Å². The fourth-order valence-electron chi connectivity index (χ4n) is 3.08. The fourth-order valence-corrected chi connectivity index (χ4v) is 3.83. The SMILES string of the molecule is COc1ccc(Cc2nnc(SCC(=O)Nc3ccc(C)cc3)n2-n2cccc2)cc1. The number of nitrogens with one attached hydrogen (secondary N) is 1. The van der Waals surface area contributed by atoms with Gasteiger partial charge in [0.25, 0.3) is 0 Å². The Balaban J connectivity index is 1.49. The van der Waals surface area contributed by atoms with Crippen LogP contribution in [0.4, 0.5) is 5.69 Å². The first-order valence-corrected chi connectivity index (χ1v) is 10.8. The van der Waals surface area contributed by atoms with E-state index in [4.69, 9.17) is 4.74 Å². The Hall–Kier alpha value is -3.52. The number of amides is 1. The van der Waals surface area contributed by atoms with E-state index in [9.17, 15) is 4.79 Å². The van der Waals surface area contributed by atoms with Crippen molar-refractivity contribution in [1.29, 1.82) is 0 Å². The minimum absolute atomic E-state index is 0.0902. The first kappa shape index (κ1) is 20.7. The predicted octanol–water partition coefficient (Wildman–Crippen LogP) is 4.03. The number of rotatable bonds is 8. The van der Waals surface area contributed by atoms with Gasteiger partial charge in [0.2, 0.25) is 11.1 Å². The van der Waals surface area contributed by atoms with Crippen LogP contribution >= 0.6 is 11.8 Å². The Morgan fingerprint density at radius 3 is 2.42 bits per heavy atom. The largest absolute Gasteiger partial charge is 0.497 e. The summed E-state index contributed by atoms with van der Waals surface area (Å²) in [6.07, 6.45) is 4.46. The maximum Gasteiger partial charge on any atom is 0.234 e. The van der Waals surface area contributed by atoms with E-state index in [0.29, 0.717) is 11.6 Å². The Morgan fingerprint density at radius 2 is 1.74 bits per heavy atom. The molecule has 0 radical (unpaired) electrons. The van der Waals surface area contributed by atoms with Gasteiger partial charge in [-0.25, -0.2) is 4.68 Å². The zero-order valence-electron chi connectivity index (χ0n) is 17.4. The zero-order valence-corrected chi connectivity index (χ0v) is 18.2. The van der Waals surface area contributed by atoms with Gasteiger partial charge in [-0.1, -0.05) is 41.6 Å². The summed E-state index contributed by atoms with van der Waals surface area (Å²) in [6.45, 7) is 2.01. The van der Waals surface area contributed by atoms with Crippen LogP contribution in [-0.4, -0.2) is 38.3 Å². The van der Waals surface area contributed by atoms with Gasteiger partial charge >= 0.3 is 0 Å². The molecule has 2 heterocycles. The van der Waals surface area contributed by atoms with Gasteiger partial charge in [0.1, 0.15) is 5.75 Å². The molecule has 7 nitrogen and oxygen atoms in total. The molecule has 0 atom stereocenters. The van der Waals surface area contributed by atoms with Gasteiger partial charge in [0.05, 0.1) is 12.9 Å². The van der Waals surface area contributed by atoms with Crippen molar-refractivity contribution >= 4 is 23.4 Å². The van der Waals surface area contributed by atoms with E-state index in [1.807, 2.05) is 89.3 Å². The molecule has 4 rings (SSSR count). The molecular formula is C23H23N5O2S. The highest BCUT2D eigenvalue weighted by Crippen LogP contribution is 2.21. The molecule has 0 saturated carbocycles. The molecule has 1 amide bonds. The van der Waals surface area contributed by atoms with Crippen molar-refractivity contribution < 1.29 is 9.53 Å². The third-order valence-electron chi connectivity index (χ3n) is 4.69. The molecule has 158 valence electrons. The Kier molecular flexibility index (Phi) is 6.37. The third kappa shape index (κ3) is 5.16. The van der Waals surface area contributed by atoms with Gasteiger partial charge in [-0.3, -0.25) is 9.47 Å². The van der Waals surface area contributed by atoms with Crippen molar-refractivity contribution in [3.05, 3.63) is 90.0 Å². The lowest BCUT2D eigenvalue weighted by Crippen LogP contribution is -2.16. The number of hydrogen-bond donors (Lipinski definition) is 1. The molecule has 0 unspecified atom stereocenters. The number of methoxy groups -OCH3 is 1. The quantitative estimate of drug-likeness (QED) is 0.425. The summed E-state index contributed by atoms with van der Waals surface area (Å²) in [5, 5.41) is 12.3. The molecule has 0 aliphatic carbocycles. The second kappa shape index (κ2) is 9.53. The summed E-state index contributed by atoms with van der Waals surface area (Å²) in [5.74, 6) is 1.73. The summed E-state index contributed by atoms with van der Waals surface area (Å²) < 4.78 is 9.07. The van der Waals surface area contributed by atoms with Crippen LogP contribution < -0.4 is 10.1 Å². The molecule has 2 aromatic heterocycles. The Morgan fingerprint density at radius 1 is 1.03 bits per heavy atom. The van der Waals surface area contributed by atoms with Gasteiger partial charge in [-0.15, -0.1) is 10.2 Å². The lowest BCUT2D eigenvalue weighted by molar-refractivity contribution is -0.113. The molecule has 0 saturated heterocycles. The van der Waals surface area contributed by atoms with Crippen LogP contribution in [0.15, 0.2) is 78.2 Å². The van der Waals surface area contributed by atoms with Crippen molar-refractivity contribution in [2.75, 3.05) is 18.2 Å². The van der Waals surface area contributed by atoms with E-state index >= 15 is 0 Å². The van der Waals surface area contributed by atoms with Gasteiger partial charge in [-0.05, 0) is 48.9 Å². The number of aromatic nitrogens is 4. The molecule has 0 spiro atoms. The van der Waals surface area contributed by atoms with Crippen molar-refractivity contribution in [3.8, 4) is 5.75 Å². The summed E-state index contributed by atoms with van der Waals surface area (Å²) in [6, 6.07) is 19.5. The first-order valence-electron chi connectivity index (χ1n) is 9.82. The molecule has 0 bridgehead atoms. The molecule has 1 N–H and O–H groups in total. The fraction of sp³-hybridized carbons (Fsp3) is 0.174. The smallest absolute Gasteiger partial charge is 0.234 e. The highest BCUT2D eigenvalue weighted by atomic mass is 32.2. The van der Waals surface area contributed by atoms with E-state index in [1.54, 1.807) is 7.11 Å². The normalized spacial score (nSPS) is 10.8. The second-order valence-corrected chi connectivity index (χ2v) is 7.94. The number of carbonyl (C=O) groups excluding carboxylic acids is 1. The lowest BCUT2D eigenvalue weighted by Gasteiger charge is -2.11. The summed E-state index contributed by atoms with van der Waals surface area (Å²) in [5.41, 5.74) is 3.02. The van der Waals surface area contributed by atoms with E-state index in [0.717, 1.165) is 28.4 Å². The Bertz CT molecular complexity index is 1140. The van der Waals surface area contributed by atoms with Crippen LogP contribution in [0, 0.1) is 6.92 Å². The van der Waals surface area contributed by atoms with Gasteiger partial charge in [-0.2, -0.15) is 0 Å². The second-order valence-electron chi connectivity index (χ2n) is 7.00. The average molecular weight is 434 g/mol.